The lowest BCUT2D eigenvalue weighted by Gasteiger charge is -2.32. The number of rotatable bonds is 4. The third-order valence-corrected chi connectivity index (χ3v) is 3.80. The number of aryl methyl sites for hydroxylation is 1. The Morgan fingerprint density at radius 3 is 2.93 bits per heavy atom. The Bertz CT molecular complexity index is 320. The number of hydrogen-bond donors (Lipinski definition) is 2. The van der Waals surface area contributed by atoms with E-state index < -0.39 is 0 Å². The molecule has 1 atom stereocenters. The first-order chi connectivity index (χ1) is 7.15. The lowest BCUT2D eigenvalue weighted by Crippen LogP contribution is -2.37. The van der Waals surface area contributed by atoms with Gasteiger partial charge in [-0.15, -0.1) is 11.3 Å². The van der Waals surface area contributed by atoms with Crippen molar-refractivity contribution in [3.63, 3.8) is 0 Å². The minimum atomic E-state index is -0.0476. The summed E-state index contributed by atoms with van der Waals surface area (Å²) in [4.78, 5) is 4.45. The van der Waals surface area contributed by atoms with Crippen molar-refractivity contribution in [3.05, 3.63) is 16.1 Å². The molecule has 1 aromatic heterocycles. The van der Waals surface area contributed by atoms with Gasteiger partial charge in [-0.05, 0) is 39.2 Å². The Morgan fingerprint density at radius 1 is 1.67 bits per heavy atom. The third-order valence-electron chi connectivity index (χ3n) is 3.00. The fraction of sp³-hybridized carbons (Fsp3) is 0.727. The average molecular weight is 226 g/mol. The molecule has 1 fully saturated rings. The first-order valence-electron chi connectivity index (χ1n) is 5.48. The van der Waals surface area contributed by atoms with Crippen molar-refractivity contribution in [2.45, 2.75) is 38.8 Å². The van der Waals surface area contributed by atoms with Crippen molar-refractivity contribution in [2.24, 2.45) is 5.92 Å². The van der Waals surface area contributed by atoms with E-state index in [1.165, 1.54) is 0 Å². The lowest BCUT2D eigenvalue weighted by atomic mass is 9.82. The summed E-state index contributed by atoms with van der Waals surface area (Å²) in [5, 5.41) is 15.9. The highest BCUT2D eigenvalue weighted by molar-refractivity contribution is 7.09. The number of nitrogens with one attached hydrogen (secondary N) is 1. The number of aliphatic hydroxyl groups is 1. The molecule has 1 unspecified atom stereocenters. The van der Waals surface area contributed by atoms with Gasteiger partial charge in [-0.25, -0.2) is 4.98 Å². The summed E-state index contributed by atoms with van der Waals surface area (Å²) in [5.74, 6) is 0.655. The molecule has 2 rings (SSSR count). The predicted octanol–water partition coefficient (Wildman–Crippen LogP) is 1.87. The van der Waals surface area contributed by atoms with Gasteiger partial charge in [0.15, 0.2) is 0 Å². The molecule has 1 aliphatic rings. The van der Waals surface area contributed by atoms with Crippen LogP contribution in [0.5, 0.6) is 0 Å². The molecule has 1 aliphatic carbocycles. The molecule has 3 nitrogen and oxygen atoms in total. The number of thiazole rings is 1. The molecule has 0 spiro atoms. The van der Waals surface area contributed by atoms with Crippen LogP contribution in [0.2, 0.25) is 0 Å². The van der Waals surface area contributed by atoms with Crippen molar-refractivity contribution in [3.8, 4) is 0 Å². The molecule has 1 aromatic rings. The topological polar surface area (TPSA) is 45.2 Å². The summed E-state index contributed by atoms with van der Waals surface area (Å²) in [6.07, 6.45) is 1.86. The van der Waals surface area contributed by atoms with Crippen molar-refractivity contribution < 1.29 is 5.11 Å². The smallest absolute Gasteiger partial charge is 0.0898 e. The van der Waals surface area contributed by atoms with E-state index in [1.54, 1.807) is 11.3 Å². The van der Waals surface area contributed by atoms with E-state index in [0.29, 0.717) is 12.0 Å². The molecule has 0 bridgehead atoms. The standard InChI is InChI=1S/C11H18N2OS/c1-7(11-6-15-8(2)13-11)12-5-9-3-10(14)4-9/h6-7,9-10,12,14H,3-5H2,1-2H3. The second-order valence-corrected chi connectivity index (χ2v) is 5.47. The van der Waals surface area contributed by atoms with Gasteiger partial charge in [0.05, 0.1) is 16.8 Å². The summed E-state index contributed by atoms with van der Waals surface area (Å²) in [5.41, 5.74) is 1.14. The molecule has 15 heavy (non-hydrogen) atoms. The SMILES string of the molecule is Cc1nc(C(C)NCC2CC(O)C2)cs1. The molecular weight excluding hydrogens is 208 g/mol. The molecule has 1 heterocycles. The van der Waals surface area contributed by atoms with E-state index in [0.717, 1.165) is 30.1 Å². The van der Waals surface area contributed by atoms with Crippen LogP contribution in [-0.4, -0.2) is 22.7 Å². The van der Waals surface area contributed by atoms with Gasteiger partial charge in [0.2, 0.25) is 0 Å². The maximum Gasteiger partial charge on any atom is 0.0898 e. The molecule has 0 amide bonds. The minimum Gasteiger partial charge on any atom is -0.393 e. The molecule has 84 valence electrons. The first-order valence-corrected chi connectivity index (χ1v) is 6.36. The Kier molecular flexibility index (Phi) is 3.38. The zero-order valence-electron chi connectivity index (χ0n) is 9.23. The van der Waals surface area contributed by atoms with E-state index in [-0.39, 0.29) is 6.10 Å². The van der Waals surface area contributed by atoms with Crippen LogP contribution in [0, 0.1) is 12.8 Å². The van der Waals surface area contributed by atoms with Gasteiger partial charge < -0.3 is 10.4 Å². The highest BCUT2D eigenvalue weighted by atomic mass is 32.1. The normalized spacial score (nSPS) is 27.4. The Balaban J connectivity index is 1.75. The Labute approximate surface area is 94.5 Å². The van der Waals surface area contributed by atoms with Crippen LogP contribution >= 0.6 is 11.3 Å². The minimum absolute atomic E-state index is 0.0476. The van der Waals surface area contributed by atoms with Gasteiger partial charge in [-0.2, -0.15) is 0 Å². The summed E-state index contributed by atoms with van der Waals surface area (Å²) in [7, 11) is 0. The van der Waals surface area contributed by atoms with Crippen molar-refractivity contribution in [1.29, 1.82) is 0 Å². The zero-order chi connectivity index (χ0) is 10.8. The first kappa shape index (κ1) is 11.0. The molecule has 0 aliphatic heterocycles. The van der Waals surface area contributed by atoms with Gasteiger partial charge in [0, 0.05) is 11.4 Å². The average Bonchev–Trinajstić information content (AvgIpc) is 2.57. The molecular formula is C11H18N2OS. The maximum atomic E-state index is 9.17. The number of hydrogen-bond acceptors (Lipinski definition) is 4. The molecule has 0 aromatic carbocycles. The quantitative estimate of drug-likeness (QED) is 0.824. The molecule has 2 N–H and O–H groups in total. The van der Waals surface area contributed by atoms with Crippen LogP contribution in [0.4, 0.5) is 0 Å². The maximum absolute atomic E-state index is 9.17. The van der Waals surface area contributed by atoms with E-state index >= 15 is 0 Å². The van der Waals surface area contributed by atoms with Crippen molar-refractivity contribution >= 4 is 11.3 Å². The van der Waals surface area contributed by atoms with Crippen LogP contribution in [0.25, 0.3) is 0 Å². The fourth-order valence-corrected chi connectivity index (χ4v) is 2.60. The summed E-state index contributed by atoms with van der Waals surface area (Å²) < 4.78 is 0. The highest BCUT2D eigenvalue weighted by Gasteiger charge is 2.27. The van der Waals surface area contributed by atoms with Gasteiger partial charge in [-0.1, -0.05) is 0 Å². The summed E-state index contributed by atoms with van der Waals surface area (Å²) >= 11 is 1.70. The van der Waals surface area contributed by atoms with E-state index in [4.69, 9.17) is 5.11 Å². The highest BCUT2D eigenvalue weighted by Crippen LogP contribution is 2.27. The van der Waals surface area contributed by atoms with Gasteiger partial charge in [-0.3, -0.25) is 0 Å². The van der Waals surface area contributed by atoms with Crippen LogP contribution in [0.15, 0.2) is 5.38 Å². The van der Waals surface area contributed by atoms with Crippen LogP contribution in [-0.2, 0) is 0 Å². The zero-order valence-corrected chi connectivity index (χ0v) is 10.0. The van der Waals surface area contributed by atoms with Gasteiger partial charge in [0.25, 0.3) is 0 Å². The van der Waals surface area contributed by atoms with Crippen LogP contribution in [0.3, 0.4) is 0 Å². The molecule has 0 saturated heterocycles. The Hall–Kier alpha value is -0.450. The third kappa shape index (κ3) is 2.77. The van der Waals surface area contributed by atoms with E-state index in [1.807, 2.05) is 6.92 Å². The molecule has 4 heteroatoms. The van der Waals surface area contributed by atoms with Crippen LogP contribution in [0.1, 0.15) is 36.5 Å². The monoisotopic (exact) mass is 226 g/mol. The number of aromatic nitrogens is 1. The van der Waals surface area contributed by atoms with E-state index in [2.05, 4.69) is 22.6 Å². The largest absolute Gasteiger partial charge is 0.393 e. The summed E-state index contributed by atoms with van der Waals surface area (Å²) in [6.45, 7) is 5.17. The van der Waals surface area contributed by atoms with Crippen LogP contribution < -0.4 is 5.32 Å². The number of aliphatic hydroxyl groups excluding tert-OH is 1. The van der Waals surface area contributed by atoms with Gasteiger partial charge in [0.1, 0.15) is 0 Å². The van der Waals surface area contributed by atoms with Crippen molar-refractivity contribution in [2.75, 3.05) is 6.54 Å². The fourth-order valence-electron chi connectivity index (χ4n) is 1.89. The lowest BCUT2D eigenvalue weighted by molar-refractivity contribution is 0.0420. The second kappa shape index (κ2) is 4.60. The van der Waals surface area contributed by atoms with Crippen molar-refractivity contribution in [1.82, 2.24) is 10.3 Å². The van der Waals surface area contributed by atoms with Gasteiger partial charge >= 0.3 is 0 Å². The summed E-state index contributed by atoms with van der Waals surface area (Å²) in [6, 6.07) is 0.327. The Morgan fingerprint density at radius 2 is 2.40 bits per heavy atom. The van der Waals surface area contributed by atoms with E-state index in [9.17, 15) is 0 Å². The number of nitrogens with zero attached hydrogens (tertiary/aromatic N) is 1. The molecule has 0 radical (unpaired) electrons. The predicted molar refractivity (Wildman–Crippen MR) is 62.0 cm³/mol. The molecule has 1 saturated carbocycles. The second-order valence-electron chi connectivity index (χ2n) is 4.41.